The maximum Gasteiger partial charge on any atom is 0.281 e. The second-order valence-corrected chi connectivity index (χ2v) is 11.6. The van der Waals surface area contributed by atoms with Gasteiger partial charge in [0.05, 0.1) is 5.41 Å². The zero-order valence-electron chi connectivity index (χ0n) is 22.2. The number of hydrogen-bond acceptors (Lipinski definition) is 4. The van der Waals surface area contributed by atoms with E-state index in [1.54, 1.807) is 0 Å². The lowest BCUT2D eigenvalue weighted by molar-refractivity contribution is -0.223. The molecule has 188 valence electrons. The average molecular weight is 483 g/mol. The smallest absolute Gasteiger partial charge is 0.281 e. The molecular formula is C32H38N2O2. The predicted molar refractivity (Wildman–Crippen MR) is 151 cm³/mol. The molecule has 4 nitrogen and oxygen atoms in total. The van der Waals surface area contributed by atoms with Crippen molar-refractivity contribution < 1.29 is 9.47 Å². The summed E-state index contributed by atoms with van der Waals surface area (Å²) in [5.74, 6) is 0.186. The highest BCUT2D eigenvalue weighted by molar-refractivity contribution is 5.77. The number of anilines is 2. The highest BCUT2D eigenvalue weighted by Gasteiger charge is 2.66. The van der Waals surface area contributed by atoms with Crippen LogP contribution >= 0.6 is 0 Å². The van der Waals surface area contributed by atoms with E-state index in [1.807, 2.05) is 54.6 Å². The zero-order valence-corrected chi connectivity index (χ0v) is 22.2. The molecule has 3 aromatic carbocycles. The minimum Gasteiger partial charge on any atom is -0.448 e. The van der Waals surface area contributed by atoms with Crippen molar-refractivity contribution >= 4 is 16.9 Å². The van der Waals surface area contributed by atoms with Gasteiger partial charge < -0.3 is 20.9 Å². The van der Waals surface area contributed by atoms with Gasteiger partial charge >= 0.3 is 0 Å². The molecule has 0 radical (unpaired) electrons. The SMILES string of the molecule is CC(C)(C)C1(C(C)(C)C)C=C(c2ccccc2)C=CC1(Oc1ccc(N)cc1)Oc1ccc(N)cc1. The molecule has 0 aliphatic heterocycles. The third-order valence-electron chi connectivity index (χ3n) is 7.18. The van der Waals surface area contributed by atoms with Crippen LogP contribution in [0.1, 0.15) is 47.1 Å². The van der Waals surface area contributed by atoms with Gasteiger partial charge in [0, 0.05) is 17.5 Å². The summed E-state index contributed by atoms with van der Waals surface area (Å²) >= 11 is 0. The molecule has 0 saturated carbocycles. The Morgan fingerprint density at radius 2 is 1.06 bits per heavy atom. The van der Waals surface area contributed by atoms with Gasteiger partial charge in [0.1, 0.15) is 11.5 Å². The first-order valence-electron chi connectivity index (χ1n) is 12.4. The summed E-state index contributed by atoms with van der Waals surface area (Å²) in [6.07, 6.45) is 6.55. The van der Waals surface area contributed by atoms with Crippen LogP contribution in [0.15, 0.2) is 97.1 Å². The standard InChI is InChI=1S/C32H38N2O2/c1-29(2,3)31(30(4,5)6)22-24(23-10-8-7-9-11-23)20-21-32(31,35-27-16-12-25(33)13-17-27)36-28-18-14-26(34)15-19-28/h7-22H,33-34H2,1-6H3. The largest absolute Gasteiger partial charge is 0.448 e. The quantitative estimate of drug-likeness (QED) is 0.288. The Labute approximate surface area is 215 Å². The lowest BCUT2D eigenvalue weighted by Gasteiger charge is -2.60. The summed E-state index contributed by atoms with van der Waals surface area (Å²) in [7, 11) is 0. The van der Waals surface area contributed by atoms with E-state index in [9.17, 15) is 0 Å². The Bertz CT molecular complexity index is 1180. The molecule has 4 N–H and O–H groups in total. The Morgan fingerprint density at radius 3 is 1.47 bits per heavy atom. The van der Waals surface area contributed by atoms with Crippen LogP contribution in [0.5, 0.6) is 11.5 Å². The molecule has 1 aliphatic carbocycles. The first-order chi connectivity index (χ1) is 16.9. The van der Waals surface area contributed by atoms with Gasteiger partial charge in [-0.25, -0.2) is 0 Å². The van der Waals surface area contributed by atoms with Crippen molar-refractivity contribution in [2.75, 3.05) is 11.5 Å². The van der Waals surface area contributed by atoms with E-state index >= 15 is 0 Å². The third kappa shape index (κ3) is 4.48. The van der Waals surface area contributed by atoms with E-state index in [-0.39, 0.29) is 10.8 Å². The first-order valence-corrected chi connectivity index (χ1v) is 12.4. The van der Waals surface area contributed by atoms with Crippen LogP contribution in [-0.2, 0) is 0 Å². The van der Waals surface area contributed by atoms with Crippen LogP contribution in [0.4, 0.5) is 11.4 Å². The van der Waals surface area contributed by atoms with Crippen LogP contribution in [0.2, 0.25) is 0 Å². The zero-order chi connectivity index (χ0) is 26.2. The molecule has 0 heterocycles. The molecule has 0 aromatic heterocycles. The number of ether oxygens (including phenoxy) is 2. The van der Waals surface area contributed by atoms with Crippen LogP contribution < -0.4 is 20.9 Å². The third-order valence-corrected chi connectivity index (χ3v) is 7.18. The van der Waals surface area contributed by atoms with Crippen molar-refractivity contribution in [3.8, 4) is 11.5 Å². The van der Waals surface area contributed by atoms with Crippen LogP contribution in [0.25, 0.3) is 5.57 Å². The van der Waals surface area contributed by atoms with E-state index in [4.69, 9.17) is 20.9 Å². The topological polar surface area (TPSA) is 70.5 Å². The van der Waals surface area contributed by atoms with Gasteiger partial charge in [-0.2, -0.15) is 0 Å². The highest BCUT2D eigenvalue weighted by atomic mass is 16.7. The molecule has 0 atom stereocenters. The molecule has 0 fully saturated rings. The second kappa shape index (κ2) is 9.09. The number of nitrogens with two attached hydrogens (primary N) is 2. The summed E-state index contributed by atoms with van der Waals surface area (Å²) in [6.45, 7) is 13.5. The number of hydrogen-bond donors (Lipinski definition) is 2. The molecule has 3 aromatic rings. The summed E-state index contributed by atoms with van der Waals surface area (Å²) < 4.78 is 13.9. The van der Waals surface area contributed by atoms with Gasteiger partial charge in [-0.1, -0.05) is 84.0 Å². The number of nitrogen functional groups attached to an aromatic ring is 2. The van der Waals surface area contributed by atoms with E-state index < -0.39 is 11.2 Å². The molecule has 0 bridgehead atoms. The fraction of sp³-hybridized carbons (Fsp3) is 0.312. The minimum atomic E-state index is -1.17. The lowest BCUT2D eigenvalue weighted by atomic mass is 9.48. The molecule has 0 unspecified atom stereocenters. The van der Waals surface area contributed by atoms with E-state index in [1.165, 1.54) is 0 Å². The van der Waals surface area contributed by atoms with Crippen LogP contribution in [0, 0.1) is 16.2 Å². The van der Waals surface area contributed by atoms with Gasteiger partial charge in [0.15, 0.2) is 0 Å². The lowest BCUT2D eigenvalue weighted by Crippen LogP contribution is -2.66. The van der Waals surface area contributed by atoms with E-state index in [2.05, 4.69) is 84.0 Å². The Hall–Kier alpha value is -3.66. The maximum atomic E-state index is 6.94. The van der Waals surface area contributed by atoms with E-state index in [0.717, 1.165) is 11.1 Å². The number of allylic oxidation sites excluding steroid dienone is 2. The van der Waals surface area contributed by atoms with Gasteiger partial charge in [-0.05, 0) is 70.5 Å². The second-order valence-electron chi connectivity index (χ2n) is 11.6. The molecule has 4 heteroatoms. The highest BCUT2D eigenvalue weighted by Crippen LogP contribution is 2.63. The minimum absolute atomic E-state index is 0.280. The number of benzene rings is 3. The van der Waals surface area contributed by atoms with Crippen LogP contribution in [0.3, 0.4) is 0 Å². The molecule has 4 rings (SSSR count). The summed E-state index contributed by atoms with van der Waals surface area (Å²) in [5.41, 5.74) is 14.4. The van der Waals surface area contributed by atoms with Crippen molar-refractivity contribution in [3.05, 3.63) is 103 Å². The summed E-state index contributed by atoms with van der Waals surface area (Å²) in [4.78, 5) is 0. The van der Waals surface area contributed by atoms with Gasteiger partial charge in [0.2, 0.25) is 0 Å². The van der Waals surface area contributed by atoms with Crippen molar-refractivity contribution in [2.24, 2.45) is 16.2 Å². The molecular weight excluding hydrogens is 444 g/mol. The number of rotatable bonds is 5. The van der Waals surface area contributed by atoms with Crippen molar-refractivity contribution in [1.29, 1.82) is 0 Å². The first kappa shape index (κ1) is 25.4. The molecule has 0 spiro atoms. The maximum absolute atomic E-state index is 6.94. The van der Waals surface area contributed by atoms with Gasteiger partial charge in [-0.15, -0.1) is 0 Å². The van der Waals surface area contributed by atoms with Crippen molar-refractivity contribution in [1.82, 2.24) is 0 Å². The predicted octanol–water partition coefficient (Wildman–Crippen LogP) is 7.74. The van der Waals surface area contributed by atoms with Crippen molar-refractivity contribution in [2.45, 2.75) is 47.3 Å². The molecule has 36 heavy (non-hydrogen) atoms. The van der Waals surface area contributed by atoms with Gasteiger partial charge in [-0.3, -0.25) is 0 Å². The Morgan fingerprint density at radius 1 is 0.611 bits per heavy atom. The fourth-order valence-corrected chi connectivity index (χ4v) is 5.80. The Kier molecular flexibility index (Phi) is 6.42. The fourth-order valence-electron chi connectivity index (χ4n) is 5.80. The van der Waals surface area contributed by atoms with Gasteiger partial charge in [0.25, 0.3) is 5.79 Å². The average Bonchev–Trinajstić information content (AvgIpc) is 2.81. The summed E-state index contributed by atoms with van der Waals surface area (Å²) in [5, 5.41) is 0. The molecule has 0 saturated heterocycles. The Balaban J connectivity index is 2.00. The van der Waals surface area contributed by atoms with Crippen molar-refractivity contribution in [3.63, 3.8) is 0 Å². The summed E-state index contributed by atoms with van der Waals surface area (Å²) in [6, 6.07) is 25.4. The molecule has 1 aliphatic rings. The van der Waals surface area contributed by atoms with E-state index in [0.29, 0.717) is 22.9 Å². The van der Waals surface area contributed by atoms with Crippen LogP contribution in [-0.4, -0.2) is 5.79 Å². The molecule has 0 amide bonds. The monoisotopic (exact) mass is 482 g/mol. The normalized spacial score (nSPS) is 16.8.